The summed E-state index contributed by atoms with van der Waals surface area (Å²) in [7, 11) is -3.10. The molecule has 0 spiro atoms. The van der Waals surface area contributed by atoms with Gasteiger partial charge in [0.15, 0.2) is 9.84 Å². The second kappa shape index (κ2) is 6.02. The molecule has 3 aliphatic rings. The van der Waals surface area contributed by atoms with Crippen LogP contribution in [0.15, 0.2) is 0 Å². The molecule has 3 rings (SSSR count). The summed E-state index contributed by atoms with van der Waals surface area (Å²) in [6.45, 7) is 3.23. The van der Waals surface area contributed by atoms with Crippen LogP contribution in [0.3, 0.4) is 0 Å². The number of fused-ring (bicyclic) bond motifs is 1. The van der Waals surface area contributed by atoms with E-state index in [-0.39, 0.29) is 17.4 Å². The zero-order chi connectivity index (χ0) is 15.0. The van der Waals surface area contributed by atoms with Crippen LogP contribution >= 0.6 is 11.6 Å². The van der Waals surface area contributed by atoms with Gasteiger partial charge in [0.1, 0.15) is 0 Å². The molecule has 3 heterocycles. The van der Waals surface area contributed by atoms with Gasteiger partial charge in [-0.2, -0.15) is 0 Å². The van der Waals surface area contributed by atoms with Crippen molar-refractivity contribution in [3.63, 3.8) is 0 Å². The van der Waals surface area contributed by atoms with Crippen LogP contribution in [0.2, 0.25) is 0 Å². The molecule has 3 aliphatic heterocycles. The Labute approximate surface area is 130 Å². The van der Waals surface area contributed by atoms with Crippen LogP contribution in [0.25, 0.3) is 0 Å². The molecule has 3 fully saturated rings. The second-order valence-electron chi connectivity index (χ2n) is 6.42. The number of amides is 1. The fourth-order valence-corrected chi connectivity index (χ4v) is 6.21. The molecule has 0 aromatic carbocycles. The van der Waals surface area contributed by atoms with E-state index in [1.165, 1.54) is 12.8 Å². The van der Waals surface area contributed by atoms with Crippen LogP contribution in [0.5, 0.6) is 0 Å². The normalized spacial score (nSPS) is 39.1. The van der Waals surface area contributed by atoms with Gasteiger partial charge in [-0.15, -0.1) is 11.6 Å². The number of carbonyl (C=O) groups is 1. The number of nitrogens with zero attached hydrogens (tertiary/aromatic N) is 1. The van der Waals surface area contributed by atoms with Crippen LogP contribution < -0.4 is 10.6 Å². The number of carbonyl (C=O) groups excluding carboxylic acids is 1. The van der Waals surface area contributed by atoms with E-state index in [2.05, 4.69) is 15.5 Å². The first-order chi connectivity index (χ1) is 9.93. The standard InChI is InChI=1S/C13H22ClN3O3S/c14-10-7-21(19,20)8-12(10)16-13(18)6-17-4-9-2-1-3-15-11(9)5-17/h9-12,15H,1-8H2,(H,16,18). The number of likely N-dealkylation sites (tertiary alicyclic amines) is 1. The van der Waals surface area contributed by atoms with E-state index in [0.29, 0.717) is 18.5 Å². The molecule has 4 atom stereocenters. The van der Waals surface area contributed by atoms with Gasteiger partial charge in [-0.05, 0) is 25.3 Å². The molecule has 3 saturated heterocycles. The van der Waals surface area contributed by atoms with Crippen molar-refractivity contribution in [1.82, 2.24) is 15.5 Å². The fraction of sp³-hybridized carbons (Fsp3) is 0.923. The molecule has 120 valence electrons. The molecular formula is C13H22ClN3O3S. The molecule has 0 saturated carbocycles. The Kier molecular flexibility index (Phi) is 4.45. The Morgan fingerprint density at radius 2 is 2.14 bits per heavy atom. The Balaban J connectivity index is 1.49. The minimum absolute atomic E-state index is 0.0420. The maximum absolute atomic E-state index is 12.1. The van der Waals surface area contributed by atoms with Crippen LogP contribution in [-0.4, -0.2) is 74.4 Å². The summed E-state index contributed by atoms with van der Waals surface area (Å²) in [5, 5.41) is 5.77. The lowest BCUT2D eigenvalue weighted by molar-refractivity contribution is -0.122. The van der Waals surface area contributed by atoms with E-state index in [0.717, 1.165) is 19.6 Å². The average molecular weight is 336 g/mol. The lowest BCUT2D eigenvalue weighted by atomic mass is 9.94. The smallest absolute Gasteiger partial charge is 0.234 e. The molecule has 21 heavy (non-hydrogen) atoms. The molecule has 0 radical (unpaired) electrons. The molecule has 0 aromatic rings. The molecule has 0 bridgehead atoms. The molecule has 6 nitrogen and oxygen atoms in total. The maximum atomic E-state index is 12.1. The van der Waals surface area contributed by atoms with Gasteiger partial charge in [0.2, 0.25) is 5.91 Å². The van der Waals surface area contributed by atoms with Crippen LogP contribution in [0.1, 0.15) is 12.8 Å². The predicted octanol–water partition coefficient (Wildman–Crippen LogP) is -0.809. The maximum Gasteiger partial charge on any atom is 0.234 e. The van der Waals surface area contributed by atoms with Crippen molar-refractivity contribution in [2.24, 2.45) is 5.92 Å². The summed E-state index contributed by atoms with van der Waals surface area (Å²) in [6.07, 6.45) is 2.43. The Hall–Kier alpha value is -0.370. The number of hydrogen-bond acceptors (Lipinski definition) is 5. The van der Waals surface area contributed by atoms with Crippen LogP contribution in [-0.2, 0) is 14.6 Å². The van der Waals surface area contributed by atoms with Crippen molar-refractivity contribution in [3.05, 3.63) is 0 Å². The molecule has 0 aliphatic carbocycles. The highest BCUT2D eigenvalue weighted by atomic mass is 35.5. The number of alkyl halides is 1. The molecular weight excluding hydrogens is 314 g/mol. The predicted molar refractivity (Wildman–Crippen MR) is 81.2 cm³/mol. The Bertz CT molecular complexity index is 499. The number of sulfone groups is 1. The highest BCUT2D eigenvalue weighted by Crippen LogP contribution is 2.24. The molecule has 1 amide bonds. The monoisotopic (exact) mass is 335 g/mol. The topological polar surface area (TPSA) is 78.5 Å². The van der Waals surface area contributed by atoms with E-state index in [1.54, 1.807) is 0 Å². The van der Waals surface area contributed by atoms with Gasteiger partial charge in [-0.3, -0.25) is 9.69 Å². The number of rotatable bonds is 3. The molecule has 8 heteroatoms. The number of nitrogens with one attached hydrogen (secondary N) is 2. The van der Waals surface area contributed by atoms with Crippen molar-refractivity contribution in [1.29, 1.82) is 0 Å². The van der Waals surface area contributed by atoms with Gasteiger partial charge >= 0.3 is 0 Å². The van der Waals surface area contributed by atoms with Crippen LogP contribution in [0.4, 0.5) is 0 Å². The van der Waals surface area contributed by atoms with Gasteiger partial charge in [0.05, 0.1) is 29.5 Å². The minimum Gasteiger partial charge on any atom is -0.350 e. The first-order valence-electron chi connectivity index (χ1n) is 7.52. The van der Waals surface area contributed by atoms with E-state index in [1.807, 2.05) is 0 Å². The highest BCUT2D eigenvalue weighted by molar-refractivity contribution is 7.91. The number of piperidine rings is 1. The van der Waals surface area contributed by atoms with Gasteiger partial charge in [0, 0.05) is 19.1 Å². The molecule has 0 aromatic heterocycles. The SMILES string of the molecule is O=C(CN1CC2CCCNC2C1)NC1CS(=O)(=O)CC1Cl. The lowest BCUT2D eigenvalue weighted by Gasteiger charge is -2.24. The van der Waals surface area contributed by atoms with E-state index >= 15 is 0 Å². The van der Waals surface area contributed by atoms with Gasteiger partial charge in [-0.1, -0.05) is 0 Å². The summed E-state index contributed by atoms with van der Waals surface area (Å²) >= 11 is 6.01. The van der Waals surface area contributed by atoms with E-state index in [9.17, 15) is 13.2 Å². The van der Waals surface area contributed by atoms with Crippen molar-refractivity contribution in [2.45, 2.75) is 30.3 Å². The third kappa shape index (κ3) is 3.70. The summed E-state index contributed by atoms with van der Waals surface area (Å²) in [5.74, 6) is 0.428. The largest absolute Gasteiger partial charge is 0.350 e. The summed E-state index contributed by atoms with van der Waals surface area (Å²) < 4.78 is 23.0. The average Bonchev–Trinajstić information content (AvgIpc) is 2.89. The minimum atomic E-state index is -3.10. The summed E-state index contributed by atoms with van der Waals surface area (Å²) in [5.41, 5.74) is 0. The third-order valence-electron chi connectivity index (χ3n) is 4.67. The summed E-state index contributed by atoms with van der Waals surface area (Å²) in [4.78, 5) is 14.2. The summed E-state index contributed by atoms with van der Waals surface area (Å²) in [6, 6.07) is 0.0476. The first kappa shape index (κ1) is 15.5. The van der Waals surface area contributed by atoms with E-state index < -0.39 is 21.3 Å². The van der Waals surface area contributed by atoms with Gasteiger partial charge < -0.3 is 10.6 Å². The van der Waals surface area contributed by atoms with Gasteiger partial charge in [0.25, 0.3) is 0 Å². The molecule has 2 N–H and O–H groups in total. The molecule has 4 unspecified atom stereocenters. The highest BCUT2D eigenvalue weighted by Gasteiger charge is 2.38. The number of halogens is 1. The quantitative estimate of drug-likeness (QED) is 0.660. The lowest BCUT2D eigenvalue weighted by Crippen LogP contribution is -2.45. The second-order valence-corrected chi connectivity index (χ2v) is 9.14. The first-order valence-corrected chi connectivity index (χ1v) is 9.78. The van der Waals surface area contributed by atoms with Crippen molar-refractivity contribution in [3.8, 4) is 0 Å². The zero-order valence-electron chi connectivity index (χ0n) is 11.9. The fourth-order valence-electron chi connectivity index (χ4n) is 3.66. The van der Waals surface area contributed by atoms with Crippen molar-refractivity contribution in [2.75, 3.05) is 37.7 Å². The van der Waals surface area contributed by atoms with Gasteiger partial charge in [-0.25, -0.2) is 8.42 Å². The number of hydrogen-bond donors (Lipinski definition) is 2. The zero-order valence-corrected chi connectivity index (χ0v) is 13.5. The van der Waals surface area contributed by atoms with Crippen molar-refractivity contribution < 1.29 is 13.2 Å². The Morgan fingerprint density at radius 3 is 2.81 bits per heavy atom. The van der Waals surface area contributed by atoms with Crippen molar-refractivity contribution >= 4 is 27.3 Å². The van der Waals surface area contributed by atoms with Crippen LogP contribution in [0, 0.1) is 5.92 Å². The Morgan fingerprint density at radius 1 is 1.33 bits per heavy atom. The van der Waals surface area contributed by atoms with E-state index in [4.69, 9.17) is 11.6 Å². The third-order valence-corrected chi connectivity index (χ3v) is 7.05.